The SMILES string of the molecule is O=C(CCCc1c[nH]c2ccccc12)Nc1cc(-c2nnc3n2CCCCC3)ccc1F. The van der Waals surface area contributed by atoms with Gasteiger partial charge in [-0.25, -0.2) is 4.39 Å². The number of halogens is 1. The Morgan fingerprint density at radius 1 is 1.12 bits per heavy atom. The molecule has 2 aromatic heterocycles. The lowest BCUT2D eigenvalue weighted by Gasteiger charge is -2.10. The Hall–Kier alpha value is -3.48. The summed E-state index contributed by atoms with van der Waals surface area (Å²) in [5, 5.41) is 12.6. The van der Waals surface area contributed by atoms with E-state index in [1.54, 1.807) is 12.1 Å². The normalized spacial score (nSPS) is 13.7. The summed E-state index contributed by atoms with van der Waals surface area (Å²) < 4.78 is 16.6. The summed E-state index contributed by atoms with van der Waals surface area (Å²) in [6, 6.07) is 12.9. The van der Waals surface area contributed by atoms with E-state index in [9.17, 15) is 9.18 Å². The van der Waals surface area contributed by atoms with Crippen LogP contribution < -0.4 is 5.32 Å². The third kappa shape index (κ3) is 4.15. The highest BCUT2D eigenvalue weighted by Gasteiger charge is 2.17. The van der Waals surface area contributed by atoms with Crippen LogP contribution in [0.4, 0.5) is 10.1 Å². The van der Waals surface area contributed by atoms with Crippen molar-refractivity contribution in [1.29, 1.82) is 0 Å². The van der Waals surface area contributed by atoms with Gasteiger partial charge in [-0.1, -0.05) is 24.6 Å². The fourth-order valence-electron chi connectivity index (χ4n) is 4.45. The van der Waals surface area contributed by atoms with E-state index in [2.05, 4.69) is 31.1 Å². The predicted octanol–water partition coefficient (Wildman–Crippen LogP) is 5.25. The molecule has 1 aliphatic heterocycles. The molecule has 164 valence electrons. The van der Waals surface area contributed by atoms with Crippen molar-refractivity contribution in [1.82, 2.24) is 19.7 Å². The quantitative estimate of drug-likeness (QED) is 0.438. The second-order valence-corrected chi connectivity index (χ2v) is 8.36. The number of anilines is 1. The molecule has 4 aromatic rings. The van der Waals surface area contributed by atoms with E-state index >= 15 is 0 Å². The molecule has 0 bridgehead atoms. The summed E-state index contributed by atoms with van der Waals surface area (Å²) in [7, 11) is 0. The van der Waals surface area contributed by atoms with Gasteiger partial charge in [-0.05, 0) is 55.5 Å². The summed E-state index contributed by atoms with van der Waals surface area (Å²) in [4.78, 5) is 15.8. The molecule has 1 aliphatic rings. The maximum Gasteiger partial charge on any atom is 0.224 e. The monoisotopic (exact) mass is 431 g/mol. The molecule has 0 fully saturated rings. The van der Waals surface area contributed by atoms with E-state index in [1.807, 2.05) is 24.4 Å². The van der Waals surface area contributed by atoms with Crippen LogP contribution in [0, 0.1) is 5.82 Å². The fraction of sp³-hybridized carbons (Fsp3) is 0.320. The Labute approximate surface area is 185 Å². The molecular formula is C25H26FN5O. The smallest absolute Gasteiger partial charge is 0.224 e. The summed E-state index contributed by atoms with van der Waals surface area (Å²) in [6.07, 6.45) is 8.07. The standard InChI is InChI=1S/C25H26FN5O/c26-20-13-12-17(25-30-29-23-10-2-1-5-14-31(23)25)15-22(20)28-24(32)11-6-7-18-16-27-21-9-4-3-8-19(18)21/h3-4,8-9,12-13,15-16,27H,1-2,5-7,10-11,14H2,(H,28,32). The molecule has 0 unspecified atom stereocenters. The summed E-state index contributed by atoms with van der Waals surface area (Å²) in [5.74, 6) is 1.07. The van der Waals surface area contributed by atoms with Crippen molar-refractivity contribution in [2.75, 3.05) is 5.32 Å². The zero-order chi connectivity index (χ0) is 21.9. The average Bonchev–Trinajstić information content (AvgIpc) is 3.32. The third-order valence-corrected chi connectivity index (χ3v) is 6.13. The van der Waals surface area contributed by atoms with Gasteiger partial charge in [0, 0.05) is 42.0 Å². The van der Waals surface area contributed by atoms with E-state index in [-0.39, 0.29) is 11.6 Å². The first-order chi connectivity index (χ1) is 15.7. The Morgan fingerprint density at radius 2 is 2.03 bits per heavy atom. The molecular weight excluding hydrogens is 405 g/mol. The molecule has 2 aromatic carbocycles. The third-order valence-electron chi connectivity index (χ3n) is 6.13. The number of benzene rings is 2. The molecule has 2 N–H and O–H groups in total. The average molecular weight is 432 g/mol. The van der Waals surface area contributed by atoms with Gasteiger partial charge in [0.05, 0.1) is 5.69 Å². The Bertz CT molecular complexity index is 1260. The van der Waals surface area contributed by atoms with Gasteiger partial charge in [-0.2, -0.15) is 0 Å². The van der Waals surface area contributed by atoms with Gasteiger partial charge in [-0.3, -0.25) is 4.79 Å². The number of hydrogen-bond donors (Lipinski definition) is 2. The first kappa shape index (κ1) is 20.4. The highest BCUT2D eigenvalue weighted by Crippen LogP contribution is 2.27. The van der Waals surface area contributed by atoms with Gasteiger partial charge in [0.2, 0.25) is 5.91 Å². The number of aryl methyl sites for hydroxylation is 2. The molecule has 5 rings (SSSR count). The zero-order valence-electron chi connectivity index (χ0n) is 17.9. The lowest BCUT2D eigenvalue weighted by atomic mass is 10.1. The number of nitrogens with one attached hydrogen (secondary N) is 2. The van der Waals surface area contributed by atoms with E-state index in [0.717, 1.165) is 55.0 Å². The van der Waals surface area contributed by atoms with Crippen LogP contribution in [0.15, 0.2) is 48.7 Å². The van der Waals surface area contributed by atoms with Gasteiger partial charge in [0.1, 0.15) is 11.6 Å². The first-order valence-electron chi connectivity index (χ1n) is 11.3. The molecule has 3 heterocycles. The van der Waals surface area contributed by atoms with Crippen LogP contribution in [-0.4, -0.2) is 25.7 Å². The van der Waals surface area contributed by atoms with Crippen LogP contribution >= 0.6 is 0 Å². The molecule has 0 atom stereocenters. The zero-order valence-corrected chi connectivity index (χ0v) is 17.9. The van der Waals surface area contributed by atoms with Crippen LogP contribution in [0.2, 0.25) is 0 Å². The molecule has 0 saturated heterocycles. The Morgan fingerprint density at radius 3 is 2.97 bits per heavy atom. The van der Waals surface area contributed by atoms with Crippen LogP contribution in [0.1, 0.15) is 43.5 Å². The second kappa shape index (κ2) is 8.94. The van der Waals surface area contributed by atoms with Gasteiger partial charge < -0.3 is 14.9 Å². The number of nitrogens with zero attached hydrogens (tertiary/aromatic N) is 3. The molecule has 0 aliphatic carbocycles. The van der Waals surface area contributed by atoms with E-state index in [0.29, 0.717) is 12.8 Å². The van der Waals surface area contributed by atoms with Gasteiger partial charge in [0.25, 0.3) is 0 Å². The topological polar surface area (TPSA) is 75.6 Å². The van der Waals surface area contributed by atoms with Crippen LogP contribution in [0.25, 0.3) is 22.3 Å². The molecule has 7 heteroatoms. The summed E-state index contributed by atoms with van der Waals surface area (Å²) in [5.41, 5.74) is 3.23. The minimum absolute atomic E-state index is 0.186. The lowest BCUT2D eigenvalue weighted by Crippen LogP contribution is -2.13. The van der Waals surface area contributed by atoms with E-state index in [4.69, 9.17) is 0 Å². The van der Waals surface area contributed by atoms with Crippen LogP contribution in [0.5, 0.6) is 0 Å². The number of aromatic nitrogens is 4. The van der Waals surface area contributed by atoms with Crippen molar-refractivity contribution in [3.63, 3.8) is 0 Å². The minimum Gasteiger partial charge on any atom is -0.361 e. The number of para-hydroxylation sites is 1. The number of amides is 1. The minimum atomic E-state index is -0.450. The highest BCUT2D eigenvalue weighted by molar-refractivity contribution is 5.91. The lowest BCUT2D eigenvalue weighted by molar-refractivity contribution is -0.116. The van der Waals surface area contributed by atoms with Crippen molar-refractivity contribution in [3.05, 3.63) is 65.9 Å². The van der Waals surface area contributed by atoms with Crippen molar-refractivity contribution >= 4 is 22.5 Å². The van der Waals surface area contributed by atoms with Crippen molar-refractivity contribution < 1.29 is 9.18 Å². The number of fused-ring (bicyclic) bond motifs is 2. The Balaban J connectivity index is 1.25. The predicted molar refractivity (Wildman–Crippen MR) is 123 cm³/mol. The molecule has 6 nitrogen and oxygen atoms in total. The number of rotatable bonds is 6. The largest absolute Gasteiger partial charge is 0.361 e. The van der Waals surface area contributed by atoms with Gasteiger partial charge >= 0.3 is 0 Å². The molecule has 1 amide bonds. The number of aromatic amines is 1. The second-order valence-electron chi connectivity index (χ2n) is 8.36. The van der Waals surface area contributed by atoms with E-state index in [1.165, 1.54) is 23.4 Å². The highest BCUT2D eigenvalue weighted by atomic mass is 19.1. The van der Waals surface area contributed by atoms with Crippen LogP contribution in [0.3, 0.4) is 0 Å². The van der Waals surface area contributed by atoms with Crippen molar-refractivity contribution in [2.24, 2.45) is 0 Å². The maximum atomic E-state index is 14.4. The number of carbonyl (C=O) groups is 1. The van der Waals surface area contributed by atoms with Gasteiger partial charge in [-0.15, -0.1) is 10.2 Å². The van der Waals surface area contributed by atoms with E-state index < -0.39 is 5.82 Å². The van der Waals surface area contributed by atoms with Crippen molar-refractivity contribution in [3.8, 4) is 11.4 Å². The number of carbonyl (C=O) groups excluding carboxylic acids is 1. The molecule has 0 radical (unpaired) electrons. The molecule has 0 spiro atoms. The summed E-state index contributed by atoms with van der Waals surface area (Å²) >= 11 is 0. The number of hydrogen-bond acceptors (Lipinski definition) is 3. The Kier molecular flexibility index (Phi) is 5.71. The first-order valence-corrected chi connectivity index (χ1v) is 11.3. The fourth-order valence-corrected chi connectivity index (χ4v) is 4.45. The maximum absolute atomic E-state index is 14.4. The molecule has 32 heavy (non-hydrogen) atoms. The molecule has 0 saturated carbocycles. The van der Waals surface area contributed by atoms with Gasteiger partial charge in [0.15, 0.2) is 5.82 Å². The summed E-state index contributed by atoms with van der Waals surface area (Å²) in [6.45, 7) is 0.866. The number of H-pyrrole nitrogens is 1. The van der Waals surface area contributed by atoms with Crippen molar-refractivity contribution in [2.45, 2.75) is 51.5 Å². The van der Waals surface area contributed by atoms with Crippen LogP contribution in [-0.2, 0) is 24.2 Å².